The van der Waals surface area contributed by atoms with Gasteiger partial charge in [0.2, 0.25) is 0 Å². The van der Waals surface area contributed by atoms with Crippen LogP contribution in [0.4, 0.5) is 5.69 Å². The zero-order valence-electron chi connectivity index (χ0n) is 8.79. The van der Waals surface area contributed by atoms with Crippen molar-refractivity contribution in [2.45, 2.75) is 18.7 Å². The smallest absolute Gasteiger partial charge is 0.0401 e. The Hall–Kier alpha value is -0.630. The van der Waals surface area contributed by atoms with Gasteiger partial charge in [0, 0.05) is 24.7 Å². The molecule has 1 nitrogen and oxygen atoms in total. The van der Waals surface area contributed by atoms with E-state index in [1.165, 1.54) is 16.1 Å². The maximum Gasteiger partial charge on any atom is 0.0401 e. The summed E-state index contributed by atoms with van der Waals surface area (Å²) >= 11 is 1.91. The molecule has 1 rings (SSSR count). The maximum absolute atomic E-state index is 2.19. The first-order valence-corrected chi connectivity index (χ1v) is 5.55. The number of hydrogen-bond acceptors (Lipinski definition) is 2. The van der Waals surface area contributed by atoms with Crippen molar-refractivity contribution in [1.29, 1.82) is 0 Å². The number of benzene rings is 1. The molecule has 0 heterocycles. The van der Waals surface area contributed by atoms with Crippen LogP contribution < -0.4 is 4.90 Å². The average molecular weight is 195 g/mol. The summed E-state index contributed by atoms with van der Waals surface area (Å²) in [7, 11) is 4.17. The van der Waals surface area contributed by atoms with Gasteiger partial charge >= 0.3 is 0 Å². The standard InChI is InChI=1S/C11H17NS/c1-5-13-11-8-6-7-10(9(11)2)12(3)4/h6-8H,5H2,1-4H3. The van der Waals surface area contributed by atoms with Gasteiger partial charge in [-0.05, 0) is 30.4 Å². The number of thioether (sulfide) groups is 1. The van der Waals surface area contributed by atoms with Gasteiger partial charge in [0.05, 0.1) is 0 Å². The topological polar surface area (TPSA) is 3.24 Å². The normalized spacial score (nSPS) is 10.2. The van der Waals surface area contributed by atoms with E-state index in [2.05, 4.69) is 51.0 Å². The fraction of sp³-hybridized carbons (Fsp3) is 0.455. The lowest BCUT2D eigenvalue weighted by molar-refractivity contribution is 1.09. The first-order valence-electron chi connectivity index (χ1n) is 4.56. The lowest BCUT2D eigenvalue weighted by atomic mass is 10.2. The Bertz CT molecular complexity index is 281. The summed E-state index contributed by atoms with van der Waals surface area (Å²) in [5.41, 5.74) is 2.71. The van der Waals surface area contributed by atoms with Gasteiger partial charge in [-0.2, -0.15) is 0 Å². The third-order valence-electron chi connectivity index (χ3n) is 2.04. The van der Waals surface area contributed by atoms with E-state index in [9.17, 15) is 0 Å². The van der Waals surface area contributed by atoms with Gasteiger partial charge in [0.1, 0.15) is 0 Å². The molecule has 0 aliphatic heterocycles. The van der Waals surface area contributed by atoms with Gasteiger partial charge < -0.3 is 4.90 Å². The highest BCUT2D eigenvalue weighted by molar-refractivity contribution is 7.99. The van der Waals surface area contributed by atoms with Crippen LogP contribution in [0.25, 0.3) is 0 Å². The van der Waals surface area contributed by atoms with Crippen LogP contribution in [0.2, 0.25) is 0 Å². The first-order chi connectivity index (χ1) is 6.16. The van der Waals surface area contributed by atoms with Gasteiger partial charge in [-0.3, -0.25) is 0 Å². The Balaban J connectivity index is 3.03. The summed E-state index contributed by atoms with van der Waals surface area (Å²) in [4.78, 5) is 3.56. The van der Waals surface area contributed by atoms with E-state index in [1.54, 1.807) is 0 Å². The highest BCUT2D eigenvalue weighted by Gasteiger charge is 2.04. The van der Waals surface area contributed by atoms with Crippen LogP contribution in [0.15, 0.2) is 23.1 Å². The highest BCUT2D eigenvalue weighted by atomic mass is 32.2. The Morgan fingerprint density at radius 3 is 2.54 bits per heavy atom. The van der Waals surface area contributed by atoms with Crippen LogP contribution in [0.5, 0.6) is 0 Å². The third-order valence-corrected chi connectivity index (χ3v) is 3.08. The zero-order valence-corrected chi connectivity index (χ0v) is 9.61. The van der Waals surface area contributed by atoms with Gasteiger partial charge in [-0.25, -0.2) is 0 Å². The fourth-order valence-corrected chi connectivity index (χ4v) is 2.21. The van der Waals surface area contributed by atoms with Gasteiger partial charge in [-0.15, -0.1) is 11.8 Å². The van der Waals surface area contributed by atoms with Crippen LogP contribution >= 0.6 is 11.8 Å². The van der Waals surface area contributed by atoms with Crippen molar-refractivity contribution >= 4 is 17.4 Å². The van der Waals surface area contributed by atoms with E-state index in [0.717, 1.165) is 5.75 Å². The highest BCUT2D eigenvalue weighted by Crippen LogP contribution is 2.28. The summed E-state index contributed by atoms with van der Waals surface area (Å²) in [6.07, 6.45) is 0. The van der Waals surface area contributed by atoms with Crippen molar-refractivity contribution in [2.24, 2.45) is 0 Å². The van der Waals surface area contributed by atoms with Crippen LogP contribution in [0.3, 0.4) is 0 Å². The number of rotatable bonds is 3. The molecule has 1 aromatic carbocycles. The molecular formula is C11H17NS. The molecule has 0 N–H and O–H groups in total. The summed E-state index contributed by atoms with van der Waals surface area (Å²) in [5.74, 6) is 1.14. The minimum atomic E-state index is 1.14. The monoisotopic (exact) mass is 195 g/mol. The van der Waals surface area contributed by atoms with E-state index in [0.29, 0.717) is 0 Å². The summed E-state index contributed by atoms with van der Waals surface area (Å²) in [5, 5.41) is 0. The molecule has 0 fully saturated rings. The molecule has 0 spiro atoms. The minimum absolute atomic E-state index is 1.14. The van der Waals surface area contributed by atoms with E-state index in [-0.39, 0.29) is 0 Å². The second-order valence-electron chi connectivity index (χ2n) is 3.23. The SMILES string of the molecule is CCSc1cccc(N(C)C)c1C. The molecule has 0 aromatic heterocycles. The number of nitrogens with zero attached hydrogens (tertiary/aromatic N) is 1. The summed E-state index contributed by atoms with van der Waals surface area (Å²) < 4.78 is 0. The fourth-order valence-electron chi connectivity index (χ4n) is 1.40. The van der Waals surface area contributed by atoms with Crippen LogP contribution in [0.1, 0.15) is 12.5 Å². The molecule has 72 valence electrons. The van der Waals surface area contributed by atoms with Gasteiger partial charge in [0.15, 0.2) is 0 Å². The van der Waals surface area contributed by atoms with E-state index >= 15 is 0 Å². The molecular weight excluding hydrogens is 178 g/mol. The van der Waals surface area contributed by atoms with Crippen molar-refractivity contribution in [1.82, 2.24) is 0 Å². The lowest BCUT2D eigenvalue weighted by Crippen LogP contribution is -2.10. The van der Waals surface area contributed by atoms with Crippen molar-refractivity contribution in [3.8, 4) is 0 Å². The molecule has 1 aromatic rings. The zero-order chi connectivity index (χ0) is 9.84. The Labute approximate surface area is 85.1 Å². The van der Waals surface area contributed by atoms with Crippen LogP contribution in [0, 0.1) is 6.92 Å². The van der Waals surface area contributed by atoms with Crippen LogP contribution in [-0.4, -0.2) is 19.8 Å². The molecule has 0 aliphatic rings. The lowest BCUT2D eigenvalue weighted by Gasteiger charge is -2.17. The first kappa shape index (κ1) is 10.5. The number of hydrogen-bond donors (Lipinski definition) is 0. The van der Waals surface area contributed by atoms with Crippen molar-refractivity contribution in [3.05, 3.63) is 23.8 Å². The van der Waals surface area contributed by atoms with Gasteiger partial charge in [-0.1, -0.05) is 13.0 Å². The number of anilines is 1. The van der Waals surface area contributed by atoms with Crippen molar-refractivity contribution in [2.75, 3.05) is 24.7 Å². The Morgan fingerprint density at radius 2 is 2.00 bits per heavy atom. The molecule has 2 heteroatoms. The van der Waals surface area contributed by atoms with Crippen molar-refractivity contribution < 1.29 is 0 Å². The predicted octanol–water partition coefficient (Wildman–Crippen LogP) is 3.17. The van der Waals surface area contributed by atoms with E-state index in [4.69, 9.17) is 0 Å². The second kappa shape index (κ2) is 4.56. The molecule has 0 aliphatic carbocycles. The largest absolute Gasteiger partial charge is 0.377 e. The predicted molar refractivity (Wildman–Crippen MR) is 61.9 cm³/mol. The molecule has 0 saturated carbocycles. The van der Waals surface area contributed by atoms with Crippen molar-refractivity contribution in [3.63, 3.8) is 0 Å². The van der Waals surface area contributed by atoms with E-state index in [1.807, 2.05) is 11.8 Å². The van der Waals surface area contributed by atoms with Crippen LogP contribution in [-0.2, 0) is 0 Å². The molecule has 0 atom stereocenters. The summed E-state index contributed by atoms with van der Waals surface area (Å²) in [6.45, 7) is 4.37. The molecule has 0 saturated heterocycles. The minimum Gasteiger partial charge on any atom is -0.377 e. The Morgan fingerprint density at radius 1 is 1.31 bits per heavy atom. The maximum atomic E-state index is 2.19. The molecule has 0 unspecified atom stereocenters. The van der Waals surface area contributed by atoms with Gasteiger partial charge in [0.25, 0.3) is 0 Å². The average Bonchev–Trinajstić information content (AvgIpc) is 2.08. The molecule has 0 amide bonds. The summed E-state index contributed by atoms with van der Waals surface area (Å²) in [6, 6.07) is 6.48. The molecule has 13 heavy (non-hydrogen) atoms. The second-order valence-corrected chi connectivity index (χ2v) is 4.53. The molecule has 0 radical (unpaired) electrons. The Kier molecular flexibility index (Phi) is 3.67. The third kappa shape index (κ3) is 2.41. The quantitative estimate of drug-likeness (QED) is 0.682. The van der Waals surface area contributed by atoms with E-state index < -0.39 is 0 Å². The molecule has 0 bridgehead atoms.